The van der Waals surface area contributed by atoms with Crippen LogP contribution in [0.5, 0.6) is 0 Å². The Balaban J connectivity index is 2.14. The summed E-state index contributed by atoms with van der Waals surface area (Å²) in [4.78, 5) is 11.1. The van der Waals surface area contributed by atoms with Gasteiger partial charge in [-0.1, -0.05) is 0 Å². The van der Waals surface area contributed by atoms with Crippen LogP contribution >= 0.6 is 0 Å². The molecule has 1 heterocycles. The number of benzene rings is 1. The molecule has 1 fully saturated rings. The normalized spacial score (nSPS) is 16.5. The molecular weight excluding hydrogens is 273 g/mol. The second kappa shape index (κ2) is 6.99. The van der Waals surface area contributed by atoms with E-state index in [4.69, 9.17) is 15.9 Å². The molecule has 2 rings (SSSR count). The number of carbonyl (C=O) groups is 1. The van der Waals surface area contributed by atoms with Gasteiger partial charge in [0.2, 0.25) is 5.91 Å². The first-order chi connectivity index (χ1) is 10.1. The number of primary amides is 1. The standard InChI is InChI=1S/C15H18FN3O2/c16-13-5-11(15(18)20)6-14(7-13)19-9-12(8-17)10-1-3-21-4-2-10/h5-10,17,19H,1-4H2,(H2,18,20)/b12-9-,17-8?. The Bertz CT molecular complexity index is 566. The molecule has 0 unspecified atom stereocenters. The lowest BCUT2D eigenvalue weighted by Gasteiger charge is -2.22. The molecule has 0 atom stereocenters. The van der Waals surface area contributed by atoms with Crippen LogP contribution in [0.1, 0.15) is 23.2 Å². The van der Waals surface area contributed by atoms with Crippen molar-refractivity contribution in [2.45, 2.75) is 12.8 Å². The van der Waals surface area contributed by atoms with Gasteiger partial charge in [0.05, 0.1) is 0 Å². The van der Waals surface area contributed by atoms with Gasteiger partial charge in [-0.15, -0.1) is 0 Å². The van der Waals surface area contributed by atoms with Gasteiger partial charge in [0.1, 0.15) is 5.82 Å². The second-order valence-electron chi connectivity index (χ2n) is 4.91. The molecule has 21 heavy (non-hydrogen) atoms. The van der Waals surface area contributed by atoms with E-state index in [1.807, 2.05) is 0 Å². The van der Waals surface area contributed by atoms with Crippen LogP contribution in [-0.4, -0.2) is 25.3 Å². The highest BCUT2D eigenvalue weighted by Gasteiger charge is 2.16. The van der Waals surface area contributed by atoms with Crippen molar-refractivity contribution in [2.75, 3.05) is 18.5 Å². The third kappa shape index (κ3) is 4.13. The topological polar surface area (TPSA) is 88.2 Å². The first kappa shape index (κ1) is 15.2. The molecule has 1 saturated heterocycles. The molecule has 1 aliphatic rings. The minimum absolute atomic E-state index is 0.105. The molecule has 0 spiro atoms. The van der Waals surface area contributed by atoms with Gasteiger partial charge >= 0.3 is 0 Å². The van der Waals surface area contributed by atoms with Crippen molar-refractivity contribution in [1.82, 2.24) is 0 Å². The molecule has 1 aromatic carbocycles. The zero-order valence-electron chi connectivity index (χ0n) is 11.6. The predicted molar refractivity (Wildman–Crippen MR) is 79.0 cm³/mol. The van der Waals surface area contributed by atoms with Crippen LogP contribution < -0.4 is 11.1 Å². The number of nitrogens with two attached hydrogens (primary N) is 1. The Hall–Kier alpha value is -2.21. The summed E-state index contributed by atoms with van der Waals surface area (Å²) in [6.07, 6.45) is 4.68. The van der Waals surface area contributed by atoms with Gasteiger partial charge in [0, 0.05) is 36.9 Å². The molecule has 0 aliphatic carbocycles. The van der Waals surface area contributed by atoms with Gasteiger partial charge in [-0.2, -0.15) is 0 Å². The fourth-order valence-electron chi connectivity index (χ4n) is 2.29. The smallest absolute Gasteiger partial charge is 0.248 e. The number of halogens is 1. The van der Waals surface area contributed by atoms with Crippen molar-refractivity contribution in [1.29, 1.82) is 5.41 Å². The van der Waals surface area contributed by atoms with Crippen LogP contribution in [0.3, 0.4) is 0 Å². The maximum Gasteiger partial charge on any atom is 0.248 e. The number of hydrogen-bond donors (Lipinski definition) is 3. The van der Waals surface area contributed by atoms with Gasteiger partial charge in [-0.3, -0.25) is 4.79 Å². The summed E-state index contributed by atoms with van der Waals surface area (Å²) in [5.74, 6) is -0.962. The minimum atomic E-state index is -0.682. The summed E-state index contributed by atoms with van der Waals surface area (Å²) in [6.45, 7) is 1.36. The van der Waals surface area contributed by atoms with Crippen molar-refractivity contribution in [3.05, 3.63) is 41.4 Å². The van der Waals surface area contributed by atoms with Crippen LogP contribution in [0.4, 0.5) is 10.1 Å². The van der Waals surface area contributed by atoms with Gasteiger partial charge in [-0.05, 0) is 42.5 Å². The summed E-state index contributed by atoms with van der Waals surface area (Å²) in [7, 11) is 0. The van der Waals surface area contributed by atoms with Crippen molar-refractivity contribution >= 4 is 17.8 Å². The van der Waals surface area contributed by atoms with Crippen LogP contribution in [0.2, 0.25) is 0 Å². The number of rotatable bonds is 5. The summed E-state index contributed by atoms with van der Waals surface area (Å²) in [5, 5.41) is 10.4. The largest absolute Gasteiger partial charge is 0.381 e. The number of carbonyl (C=O) groups excluding carboxylic acids is 1. The lowest BCUT2D eigenvalue weighted by atomic mass is 9.92. The zero-order valence-corrected chi connectivity index (χ0v) is 11.6. The van der Waals surface area contributed by atoms with Crippen molar-refractivity contribution in [2.24, 2.45) is 11.7 Å². The SMILES string of the molecule is N=C/C(=C/Nc1cc(F)cc(C(N)=O)c1)C1CCOCC1. The van der Waals surface area contributed by atoms with E-state index in [0.29, 0.717) is 18.9 Å². The fraction of sp³-hybridized carbons (Fsp3) is 0.333. The second-order valence-corrected chi connectivity index (χ2v) is 4.91. The van der Waals surface area contributed by atoms with Gasteiger partial charge in [-0.25, -0.2) is 4.39 Å². The molecule has 112 valence electrons. The average Bonchev–Trinajstić information content (AvgIpc) is 2.48. The molecule has 1 aromatic rings. The first-order valence-corrected chi connectivity index (χ1v) is 6.75. The number of nitrogens with one attached hydrogen (secondary N) is 2. The lowest BCUT2D eigenvalue weighted by Crippen LogP contribution is -2.18. The minimum Gasteiger partial charge on any atom is -0.381 e. The van der Waals surface area contributed by atoms with Crippen LogP contribution in [-0.2, 0) is 4.74 Å². The first-order valence-electron chi connectivity index (χ1n) is 6.75. The van der Waals surface area contributed by atoms with E-state index in [9.17, 15) is 9.18 Å². The third-order valence-electron chi connectivity index (χ3n) is 3.45. The Kier molecular flexibility index (Phi) is 5.05. The lowest BCUT2D eigenvalue weighted by molar-refractivity contribution is 0.0772. The number of amides is 1. The van der Waals surface area contributed by atoms with E-state index < -0.39 is 11.7 Å². The summed E-state index contributed by atoms with van der Waals surface area (Å²) >= 11 is 0. The van der Waals surface area contributed by atoms with E-state index in [-0.39, 0.29) is 11.5 Å². The van der Waals surface area contributed by atoms with Gasteiger partial charge < -0.3 is 21.2 Å². The van der Waals surface area contributed by atoms with Crippen molar-refractivity contribution in [3.63, 3.8) is 0 Å². The number of allylic oxidation sites excluding steroid dienone is 1. The quantitative estimate of drug-likeness (QED) is 0.727. The Morgan fingerprint density at radius 2 is 2.10 bits per heavy atom. The molecule has 1 aliphatic heterocycles. The van der Waals surface area contributed by atoms with E-state index in [1.54, 1.807) is 6.20 Å². The highest BCUT2D eigenvalue weighted by atomic mass is 19.1. The number of anilines is 1. The molecule has 0 bridgehead atoms. The summed E-state index contributed by atoms with van der Waals surface area (Å²) in [6, 6.07) is 3.84. The average molecular weight is 291 g/mol. The van der Waals surface area contributed by atoms with Crippen molar-refractivity contribution < 1.29 is 13.9 Å². The molecule has 6 heteroatoms. The van der Waals surface area contributed by atoms with Gasteiger partial charge in [0.25, 0.3) is 0 Å². The van der Waals surface area contributed by atoms with Crippen LogP contribution in [0.15, 0.2) is 30.0 Å². The fourth-order valence-corrected chi connectivity index (χ4v) is 2.29. The van der Waals surface area contributed by atoms with E-state index in [0.717, 1.165) is 24.5 Å². The summed E-state index contributed by atoms with van der Waals surface area (Å²) < 4.78 is 18.7. The monoisotopic (exact) mass is 291 g/mol. The van der Waals surface area contributed by atoms with Crippen molar-refractivity contribution in [3.8, 4) is 0 Å². The van der Waals surface area contributed by atoms with Gasteiger partial charge in [0.15, 0.2) is 0 Å². The third-order valence-corrected chi connectivity index (χ3v) is 3.45. The van der Waals surface area contributed by atoms with E-state index in [2.05, 4.69) is 5.32 Å². The van der Waals surface area contributed by atoms with E-state index >= 15 is 0 Å². The Morgan fingerprint density at radius 3 is 2.71 bits per heavy atom. The van der Waals surface area contributed by atoms with Crippen LogP contribution in [0.25, 0.3) is 0 Å². The zero-order chi connectivity index (χ0) is 15.2. The molecular formula is C15H18FN3O2. The Labute approximate surface area is 122 Å². The maximum absolute atomic E-state index is 13.4. The Morgan fingerprint density at radius 1 is 1.38 bits per heavy atom. The molecule has 5 nitrogen and oxygen atoms in total. The number of hydrogen-bond acceptors (Lipinski definition) is 4. The van der Waals surface area contributed by atoms with Crippen LogP contribution in [0, 0.1) is 17.1 Å². The maximum atomic E-state index is 13.4. The molecule has 0 saturated carbocycles. The molecule has 4 N–H and O–H groups in total. The molecule has 0 aromatic heterocycles. The highest BCUT2D eigenvalue weighted by Crippen LogP contribution is 2.22. The predicted octanol–water partition coefficient (Wildman–Crippen LogP) is 2.30. The highest BCUT2D eigenvalue weighted by molar-refractivity contribution is 5.93. The van der Waals surface area contributed by atoms with E-state index in [1.165, 1.54) is 18.3 Å². The number of ether oxygens (including phenoxy) is 1. The molecule has 0 radical (unpaired) electrons. The summed E-state index contributed by atoms with van der Waals surface area (Å²) in [5.41, 5.74) is 6.51. The molecule has 1 amide bonds.